The highest BCUT2D eigenvalue weighted by molar-refractivity contribution is 9.10. The molecular formula is C13H10BrN3O2. The SMILES string of the molecule is NC1C(=O)Nc2cc(Oc3cncc(Br)c3)ccc21. The molecule has 0 saturated heterocycles. The first-order valence-electron chi connectivity index (χ1n) is 5.62. The van der Waals surface area contributed by atoms with Crippen molar-refractivity contribution < 1.29 is 9.53 Å². The molecule has 96 valence electrons. The normalized spacial score (nSPS) is 16.9. The van der Waals surface area contributed by atoms with E-state index in [-0.39, 0.29) is 5.91 Å². The van der Waals surface area contributed by atoms with Crippen LogP contribution in [0.15, 0.2) is 41.1 Å². The molecule has 2 heterocycles. The number of ether oxygens (including phenoxy) is 1. The largest absolute Gasteiger partial charge is 0.456 e. The third-order valence-corrected chi connectivity index (χ3v) is 3.25. The average molecular weight is 320 g/mol. The van der Waals surface area contributed by atoms with Crippen molar-refractivity contribution in [3.8, 4) is 11.5 Å². The molecule has 1 aromatic carbocycles. The van der Waals surface area contributed by atoms with Crippen molar-refractivity contribution in [2.24, 2.45) is 5.73 Å². The lowest BCUT2D eigenvalue weighted by molar-refractivity contribution is -0.116. The molecule has 0 fully saturated rings. The zero-order valence-electron chi connectivity index (χ0n) is 9.76. The van der Waals surface area contributed by atoms with Crippen molar-refractivity contribution in [2.75, 3.05) is 5.32 Å². The lowest BCUT2D eigenvalue weighted by Crippen LogP contribution is -2.19. The monoisotopic (exact) mass is 319 g/mol. The molecule has 1 amide bonds. The molecule has 0 radical (unpaired) electrons. The molecule has 1 atom stereocenters. The number of nitrogens with zero attached hydrogens (tertiary/aromatic N) is 1. The third-order valence-electron chi connectivity index (χ3n) is 2.82. The molecule has 1 aromatic heterocycles. The van der Waals surface area contributed by atoms with Gasteiger partial charge in [-0.2, -0.15) is 0 Å². The van der Waals surface area contributed by atoms with Gasteiger partial charge in [0.05, 0.1) is 6.20 Å². The van der Waals surface area contributed by atoms with Crippen molar-refractivity contribution in [1.82, 2.24) is 4.98 Å². The van der Waals surface area contributed by atoms with Gasteiger partial charge in [-0.1, -0.05) is 6.07 Å². The molecule has 5 nitrogen and oxygen atoms in total. The molecule has 3 N–H and O–H groups in total. The second-order valence-electron chi connectivity index (χ2n) is 4.16. The number of rotatable bonds is 2. The van der Waals surface area contributed by atoms with Crippen molar-refractivity contribution in [3.63, 3.8) is 0 Å². The van der Waals surface area contributed by atoms with Crippen LogP contribution in [-0.2, 0) is 4.79 Å². The minimum Gasteiger partial charge on any atom is -0.456 e. The summed E-state index contributed by atoms with van der Waals surface area (Å²) in [6.07, 6.45) is 3.29. The summed E-state index contributed by atoms with van der Waals surface area (Å²) in [5.41, 5.74) is 7.22. The van der Waals surface area contributed by atoms with Gasteiger partial charge in [-0.05, 0) is 28.1 Å². The number of halogens is 1. The smallest absolute Gasteiger partial charge is 0.245 e. The molecule has 3 rings (SSSR count). The van der Waals surface area contributed by atoms with Crippen LogP contribution >= 0.6 is 15.9 Å². The zero-order valence-corrected chi connectivity index (χ0v) is 11.3. The maximum absolute atomic E-state index is 11.5. The Kier molecular flexibility index (Phi) is 2.96. The van der Waals surface area contributed by atoms with Gasteiger partial charge in [0.1, 0.15) is 17.5 Å². The molecule has 0 spiro atoms. The van der Waals surface area contributed by atoms with E-state index < -0.39 is 6.04 Å². The van der Waals surface area contributed by atoms with E-state index in [1.165, 1.54) is 0 Å². The van der Waals surface area contributed by atoms with E-state index in [2.05, 4.69) is 26.2 Å². The van der Waals surface area contributed by atoms with E-state index >= 15 is 0 Å². The lowest BCUT2D eigenvalue weighted by atomic mass is 10.1. The van der Waals surface area contributed by atoms with Gasteiger partial charge in [0.2, 0.25) is 5.91 Å². The first-order valence-corrected chi connectivity index (χ1v) is 6.41. The molecule has 1 unspecified atom stereocenters. The Labute approximate surface area is 117 Å². The number of aromatic nitrogens is 1. The van der Waals surface area contributed by atoms with E-state index in [1.807, 2.05) is 6.07 Å². The third kappa shape index (κ3) is 2.32. The number of amides is 1. The highest BCUT2D eigenvalue weighted by Crippen LogP contribution is 2.34. The quantitative estimate of drug-likeness (QED) is 0.891. The maximum Gasteiger partial charge on any atom is 0.245 e. The molecule has 19 heavy (non-hydrogen) atoms. The van der Waals surface area contributed by atoms with E-state index in [4.69, 9.17) is 10.5 Å². The fourth-order valence-corrected chi connectivity index (χ4v) is 2.26. The molecule has 0 saturated carbocycles. The van der Waals surface area contributed by atoms with Crippen molar-refractivity contribution >= 4 is 27.5 Å². The highest BCUT2D eigenvalue weighted by atomic mass is 79.9. The summed E-state index contributed by atoms with van der Waals surface area (Å²) in [4.78, 5) is 15.5. The zero-order chi connectivity index (χ0) is 13.4. The van der Waals surface area contributed by atoms with Crippen LogP contribution in [0.5, 0.6) is 11.5 Å². The number of nitrogens with two attached hydrogens (primary N) is 1. The molecule has 6 heteroatoms. The van der Waals surface area contributed by atoms with E-state index in [0.29, 0.717) is 17.2 Å². The van der Waals surface area contributed by atoms with Crippen LogP contribution in [-0.4, -0.2) is 10.9 Å². The summed E-state index contributed by atoms with van der Waals surface area (Å²) in [7, 11) is 0. The average Bonchev–Trinajstić information content (AvgIpc) is 2.65. The number of pyridine rings is 1. The summed E-state index contributed by atoms with van der Waals surface area (Å²) in [5, 5.41) is 2.72. The van der Waals surface area contributed by atoms with Gasteiger partial charge in [-0.25, -0.2) is 0 Å². The maximum atomic E-state index is 11.5. The number of hydrogen-bond acceptors (Lipinski definition) is 4. The van der Waals surface area contributed by atoms with Crippen molar-refractivity contribution in [3.05, 3.63) is 46.7 Å². The van der Waals surface area contributed by atoms with Crippen LogP contribution in [0.3, 0.4) is 0 Å². The highest BCUT2D eigenvalue weighted by Gasteiger charge is 2.27. The first kappa shape index (κ1) is 12.1. The summed E-state index contributed by atoms with van der Waals surface area (Å²) < 4.78 is 6.51. The number of carbonyl (C=O) groups excluding carboxylic acids is 1. The van der Waals surface area contributed by atoms with Crippen LogP contribution in [0.4, 0.5) is 5.69 Å². The number of carbonyl (C=O) groups is 1. The van der Waals surface area contributed by atoms with Crippen molar-refractivity contribution in [1.29, 1.82) is 0 Å². The number of hydrogen-bond donors (Lipinski definition) is 2. The second-order valence-corrected chi connectivity index (χ2v) is 5.07. The van der Waals surface area contributed by atoms with Crippen LogP contribution in [0.2, 0.25) is 0 Å². The fraction of sp³-hybridized carbons (Fsp3) is 0.0769. The Hall–Kier alpha value is -1.92. The van der Waals surface area contributed by atoms with Gasteiger partial charge in [0.25, 0.3) is 0 Å². The van der Waals surface area contributed by atoms with Crippen LogP contribution in [0, 0.1) is 0 Å². The van der Waals surface area contributed by atoms with E-state index in [0.717, 1.165) is 10.0 Å². The Morgan fingerprint density at radius 2 is 2.11 bits per heavy atom. The van der Waals surface area contributed by atoms with E-state index in [9.17, 15) is 4.79 Å². The summed E-state index contributed by atoms with van der Waals surface area (Å²) in [6, 6.07) is 6.53. The lowest BCUT2D eigenvalue weighted by Gasteiger charge is -2.07. The fourth-order valence-electron chi connectivity index (χ4n) is 1.91. The van der Waals surface area contributed by atoms with E-state index in [1.54, 1.807) is 30.6 Å². The minimum absolute atomic E-state index is 0.198. The molecule has 0 bridgehead atoms. The van der Waals surface area contributed by atoms with Crippen LogP contribution in [0.25, 0.3) is 0 Å². The van der Waals surface area contributed by atoms with Gasteiger partial charge in [-0.15, -0.1) is 0 Å². The van der Waals surface area contributed by atoms with Crippen LogP contribution in [0.1, 0.15) is 11.6 Å². The summed E-state index contributed by atoms with van der Waals surface area (Å²) in [5.74, 6) is 1.03. The summed E-state index contributed by atoms with van der Waals surface area (Å²) >= 11 is 3.32. The number of nitrogens with one attached hydrogen (secondary N) is 1. The van der Waals surface area contributed by atoms with Gasteiger partial charge >= 0.3 is 0 Å². The Morgan fingerprint density at radius 3 is 2.89 bits per heavy atom. The summed E-state index contributed by atoms with van der Waals surface area (Å²) in [6.45, 7) is 0. The van der Waals surface area contributed by atoms with Crippen molar-refractivity contribution in [2.45, 2.75) is 6.04 Å². The molecule has 0 aliphatic carbocycles. The molecular weight excluding hydrogens is 310 g/mol. The second kappa shape index (κ2) is 4.64. The Balaban J connectivity index is 1.88. The van der Waals surface area contributed by atoms with Crippen LogP contribution < -0.4 is 15.8 Å². The number of fused-ring (bicyclic) bond motifs is 1. The van der Waals surface area contributed by atoms with Gasteiger partial charge < -0.3 is 15.8 Å². The number of benzene rings is 1. The van der Waals surface area contributed by atoms with Gasteiger partial charge in [0, 0.05) is 28.0 Å². The Bertz CT molecular complexity index is 660. The van der Waals surface area contributed by atoms with Gasteiger partial charge in [-0.3, -0.25) is 9.78 Å². The Morgan fingerprint density at radius 1 is 1.26 bits per heavy atom. The van der Waals surface area contributed by atoms with Gasteiger partial charge in [0.15, 0.2) is 0 Å². The predicted octanol–water partition coefficient (Wildman–Crippen LogP) is 2.59. The topological polar surface area (TPSA) is 77.2 Å². The molecule has 1 aliphatic rings. The first-order chi connectivity index (χ1) is 9.13. The minimum atomic E-state index is -0.600. The number of anilines is 1. The standard InChI is InChI=1S/C13H10BrN3O2/c14-7-3-9(6-16-5-7)19-8-1-2-10-11(4-8)17-13(18)12(10)15/h1-6,12H,15H2,(H,17,18). The predicted molar refractivity (Wildman–Crippen MR) is 74.0 cm³/mol. The molecule has 1 aliphatic heterocycles. The molecule has 2 aromatic rings.